The highest BCUT2D eigenvalue weighted by Gasteiger charge is 2.14. The largest absolute Gasteiger partial charge is 0.478 e. The van der Waals surface area contributed by atoms with Gasteiger partial charge in [0.1, 0.15) is 5.02 Å². The Morgan fingerprint density at radius 2 is 2.19 bits per heavy atom. The first-order valence-corrected chi connectivity index (χ1v) is 4.65. The van der Waals surface area contributed by atoms with Crippen LogP contribution >= 0.6 is 11.6 Å². The highest BCUT2D eigenvalue weighted by molar-refractivity contribution is 6.33. The summed E-state index contributed by atoms with van der Waals surface area (Å²) >= 11 is 5.74. The molecule has 0 bridgehead atoms. The average Bonchev–Trinajstić information content (AvgIpc) is 2.19. The molecule has 5 nitrogen and oxygen atoms in total. The minimum atomic E-state index is -1.12. The van der Waals surface area contributed by atoms with Crippen LogP contribution in [0.3, 0.4) is 0 Å². The number of hydrogen-bond donors (Lipinski definition) is 1. The van der Waals surface area contributed by atoms with Crippen molar-refractivity contribution >= 4 is 29.3 Å². The third kappa shape index (κ3) is 2.80. The van der Waals surface area contributed by atoms with Crippen LogP contribution < -0.4 is 0 Å². The molecule has 0 atom stereocenters. The summed E-state index contributed by atoms with van der Waals surface area (Å²) in [6.45, 7) is 1.62. The van der Waals surface area contributed by atoms with Crippen molar-refractivity contribution in [1.29, 1.82) is 0 Å². The van der Waals surface area contributed by atoms with Crippen LogP contribution in [-0.2, 0) is 4.79 Å². The number of nitro benzene ring substituents is 1. The summed E-state index contributed by atoms with van der Waals surface area (Å²) in [4.78, 5) is 20.3. The highest BCUT2D eigenvalue weighted by atomic mass is 35.5. The van der Waals surface area contributed by atoms with Crippen molar-refractivity contribution in [3.63, 3.8) is 0 Å². The summed E-state index contributed by atoms with van der Waals surface area (Å²) in [6, 6.07) is 2.81. The molecule has 1 aromatic rings. The van der Waals surface area contributed by atoms with Gasteiger partial charge < -0.3 is 5.11 Å². The Morgan fingerprint density at radius 3 is 2.69 bits per heavy atom. The Kier molecular flexibility index (Phi) is 3.63. The number of carboxylic acid groups (broad SMARTS) is 1. The van der Waals surface area contributed by atoms with Gasteiger partial charge in [0.05, 0.1) is 4.92 Å². The first-order valence-electron chi connectivity index (χ1n) is 4.27. The quantitative estimate of drug-likeness (QED) is 0.501. The molecule has 16 heavy (non-hydrogen) atoms. The molecule has 1 N–H and O–H groups in total. The molecule has 0 saturated heterocycles. The smallest absolute Gasteiger partial charge is 0.328 e. The topological polar surface area (TPSA) is 80.4 Å². The first-order chi connectivity index (χ1) is 7.41. The number of aliphatic carboxylic acids is 1. The zero-order chi connectivity index (χ0) is 12.3. The molecular formula is C10H8ClNO4. The predicted molar refractivity (Wildman–Crippen MR) is 59.5 cm³/mol. The number of carboxylic acids is 1. The maximum absolute atomic E-state index is 10.6. The normalized spacial score (nSPS) is 10.6. The number of halogens is 1. The molecule has 0 unspecified atom stereocenters. The maximum Gasteiger partial charge on any atom is 0.328 e. The fourth-order valence-electron chi connectivity index (χ4n) is 1.17. The molecule has 0 spiro atoms. The van der Waals surface area contributed by atoms with Gasteiger partial charge in [-0.25, -0.2) is 4.79 Å². The molecule has 0 fully saturated rings. The second-order valence-electron chi connectivity index (χ2n) is 3.10. The SMILES string of the molecule is Cc1cc(/C=C/C(=O)O)cc([N+](=O)[O-])c1Cl. The highest BCUT2D eigenvalue weighted by Crippen LogP contribution is 2.29. The van der Waals surface area contributed by atoms with Crippen molar-refractivity contribution in [2.75, 3.05) is 0 Å². The summed E-state index contributed by atoms with van der Waals surface area (Å²) in [7, 11) is 0. The third-order valence-corrected chi connectivity index (χ3v) is 2.36. The van der Waals surface area contributed by atoms with E-state index in [0.717, 1.165) is 6.08 Å². The van der Waals surface area contributed by atoms with E-state index >= 15 is 0 Å². The third-order valence-electron chi connectivity index (χ3n) is 1.87. The van der Waals surface area contributed by atoms with Gasteiger partial charge in [-0.1, -0.05) is 17.7 Å². The van der Waals surface area contributed by atoms with Crippen molar-refractivity contribution in [2.45, 2.75) is 6.92 Å². The van der Waals surface area contributed by atoms with Crippen LogP contribution in [-0.4, -0.2) is 16.0 Å². The standard InChI is InChI=1S/C10H8ClNO4/c1-6-4-7(2-3-9(13)14)5-8(10(6)11)12(15)16/h2-5H,1H3,(H,13,14)/b3-2+. The molecule has 6 heteroatoms. The number of nitro groups is 1. The summed E-state index contributed by atoms with van der Waals surface area (Å²) in [6.07, 6.45) is 2.19. The lowest BCUT2D eigenvalue weighted by atomic mass is 10.1. The number of aryl methyl sites for hydroxylation is 1. The Morgan fingerprint density at radius 1 is 1.56 bits per heavy atom. The van der Waals surface area contributed by atoms with E-state index in [2.05, 4.69) is 0 Å². The van der Waals surface area contributed by atoms with Crippen LogP contribution in [0.25, 0.3) is 6.08 Å². The number of rotatable bonds is 3. The van der Waals surface area contributed by atoms with Crippen LogP contribution in [0.15, 0.2) is 18.2 Å². The molecule has 0 amide bonds. The molecule has 0 aliphatic rings. The maximum atomic E-state index is 10.6. The molecule has 1 rings (SSSR count). The van der Waals surface area contributed by atoms with Crippen molar-refractivity contribution in [3.8, 4) is 0 Å². The minimum absolute atomic E-state index is 0.0671. The van der Waals surface area contributed by atoms with E-state index in [0.29, 0.717) is 11.1 Å². The van der Waals surface area contributed by atoms with Gasteiger partial charge in [-0.15, -0.1) is 0 Å². The molecule has 0 aromatic heterocycles. The molecule has 1 aromatic carbocycles. The fourth-order valence-corrected chi connectivity index (χ4v) is 1.35. The lowest BCUT2D eigenvalue weighted by Gasteiger charge is -2.01. The first kappa shape index (κ1) is 12.2. The van der Waals surface area contributed by atoms with E-state index in [1.54, 1.807) is 13.0 Å². The lowest BCUT2D eigenvalue weighted by Crippen LogP contribution is -1.93. The van der Waals surface area contributed by atoms with Crippen molar-refractivity contribution in [1.82, 2.24) is 0 Å². The van der Waals surface area contributed by atoms with Gasteiger partial charge in [0.2, 0.25) is 0 Å². The van der Waals surface area contributed by atoms with Gasteiger partial charge in [0, 0.05) is 12.1 Å². The zero-order valence-electron chi connectivity index (χ0n) is 8.31. The van der Waals surface area contributed by atoms with E-state index in [1.165, 1.54) is 12.1 Å². The van der Waals surface area contributed by atoms with E-state index in [9.17, 15) is 14.9 Å². The predicted octanol–water partition coefficient (Wildman–Crippen LogP) is 2.65. The molecule has 84 valence electrons. The Labute approximate surface area is 96.1 Å². The van der Waals surface area contributed by atoms with Gasteiger partial charge in [0.25, 0.3) is 5.69 Å². The van der Waals surface area contributed by atoms with Crippen LogP contribution in [0.1, 0.15) is 11.1 Å². The number of benzene rings is 1. The summed E-state index contributed by atoms with van der Waals surface area (Å²) in [5.74, 6) is -1.12. The number of hydrogen-bond acceptors (Lipinski definition) is 3. The Hall–Kier alpha value is -1.88. The van der Waals surface area contributed by atoms with E-state index in [-0.39, 0.29) is 10.7 Å². The molecule has 0 aliphatic carbocycles. The van der Waals surface area contributed by atoms with E-state index in [4.69, 9.17) is 16.7 Å². The Balaban J connectivity index is 3.24. The summed E-state index contributed by atoms with van der Waals surface area (Å²) in [5.41, 5.74) is 0.726. The van der Waals surface area contributed by atoms with Crippen LogP contribution in [0.2, 0.25) is 5.02 Å². The lowest BCUT2D eigenvalue weighted by molar-refractivity contribution is -0.384. The fraction of sp³-hybridized carbons (Fsp3) is 0.100. The van der Waals surface area contributed by atoms with Crippen LogP contribution in [0, 0.1) is 17.0 Å². The molecule has 0 radical (unpaired) electrons. The molecule has 0 aliphatic heterocycles. The zero-order valence-corrected chi connectivity index (χ0v) is 9.06. The second kappa shape index (κ2) is 4.76. The number of carbonyl (C=O) groups is 1. The van der Waals surface area contributed by atoms with Gasteiger partial charge in [-0.2, -0.15) is 0 Å². The van der Waals surface area contributed by atoms with Crippen LogP contribution in [0.5, 0.6) is 0 Å². The van der Waals surface area contributed by atoms with E-state index < -0.39 is 10.9 Å². The van der Waals surface area contributed by atoms with Gasteiger partial charge in [-0.3, -0.25) is 10.1 Å². The van der Waals surface area contributed by atoms with Gasteiger partial charge in [0.15, 0.2) is 0 Å². The monoisotopic (exact) mass is 241 g/mol. The minimum Gasteiger partial charge on any atom is -0.478 e. The summed E-state index contributed by atoms with van der Waals surface area (Å²) < 4.78 is 0. The summed E-state index contributed by atoms with van der Waals surface area (Å²) in [5, 5.41) is 19.1. The van der Waals surface area contributed by atoms with Crippen molar-refractivity contribution in [3.05, 3.63) is 44.5 Å². The van der Waals surface area contributed by atoms with Gasteiger partial charge in [-0.05, 0) is 24.1 Å². The van der Waals surface area contributed by atoms with Gasteiger partial charge >= 0.3 is 5.97 Å². The number of nitrogens with zero attached hydrogens (tertiary/aromatic N) is 1. The van der Waals surface area contributed by atoms with Crippen molar-refractivity contribution in [2.24, 2.45) is 0 Å². The molecule has 0 heterocycles. The van der Waals surface area contributed by atoms with Crippen LogP contribution in [0.4, 0.5) is 5.69 Å². The molecule has 0 saturated carbocycles. The van der Waals surface area contributed by atoms with E-state index in [1.807, 2.05) is 0 Å². The molecular weight excluding hydrogens is 234 g/mol. The van der Waals surface area contributed by atoms with Crippen molar-refractivity contribution < 1.29 is 14.8 Å². The Bertz CT molecular complexity index is 482. The average molecular weight is 242 g/mol. The second-order valence-corrected chi connectivity index (χ2v) is 3.48.